The third kappa shape index (κ3) is 5.67. The van der Waals surface area contributed by atoms with E-state index in [1.54, 1.807) is 0 Å². The zero-order chi connectivity index (χ0) is 37.8. The maximum atomic E-state index is 14.5. The summed E-state index contributed by atoms with van der Waals surface area (Å²) in [5.74, 6) is -0.836. The number of carbonyl (C=O) groups excluding carboxylic acids is 3. The van der Waals surface area contributed by atoms with Crippen molar-refractivity contribution < 1.29 is 19.5 Å². The lowest BCUT2D eigenvalue weighted by atomic mass is 9.76. The second kappa shape index (κ2) is 11.8. The Balaban J connectivity index is 1.83. The van der Waals surface area contributed by atoms with E-state index >= 15 is 0 Å². The zero-order valence-corrected chi connectivity index (χ0v) is 33.2. The molecule has 8 nitrogen and oxygen atoms in total. The number of aliphatic hydroxyl groups excluding tert-OH is 1. The molecule has 0 saturated heterocycles. The predicted molar refractivity (Wildman–Crippen MR) is 205 cm³/mol. The van der Waals surface area contributed by atoms with Crippen LogP contribution in [0, 0.1) is 10.8 Å². The minimum absolute atomic E-state index is 0.137. The summed E-state index contributed by atoms with van der Waals surface area (Å²) < 4.78 is 2.36. The van der Waals surface area contributed by atoms with Crippen molar-refractivity contribution in [2.45, 2.75) is 146 Å². The first-order chi connectivity index (χ1) is 22.7. The molecule has 0 bridgehead atoms. The fraction of sp³-hybridized carbons (Fsp3) is 0.571. The van der Waals surface area contributed by atoms with Gasteiger partial charge in [0.25, 0.3) is 0 Å². The van der Waals surface area contributed by atoms with Crippen LogP contribution in [0.2, 0.25) is 0 Å². The van der Waals surface area contributed by atoms with Crippen molar-refractivity contribution in [3.05, 3.63) is 57.3 Å². The van der Waals surface area contributed by atoms with Crippen molar-refractivity contribution >= 4 is 45.8 Å². The van der Waals surface area contributed by atoms with Crippen molar-refractivity contribution in [3.63, 3.8) is 0 Å². The molecule has 2 aliphatic heterocycles. The summed E-state index contributed by atoms with van der Waals surface area (Å²) in [6.07, 6.45) is 0. The second-order valence-electron chi connectivity index (χ2n) is 18.5. The topological polar surface area (TPSA) is 102 Å². The fourth-order valence-electron chi connectivity index (χ4n) is 7.79. The highest BCUT2D eigenvalue weighted by atomic mass is 16.3. The van der Waals surface area contributed by atoms with Crippen LogP contribution in [0.4, 0.5) is 17.1 Å². The van der Waals surface area contributed by atoms with Crippen LogP contribution in [0.5, 0.6) is 0 Å². The maximum Gasteiger partial charge on any atom is 0.229 e. The summed E-state index contributed by atoms with van der Waals surface area (Å²) in [7, 11) is 0. The summed E-state index contributed by atoms with van der Waals surface area (Å²) in [5.41, 5.74) is 3.07. The van der Waals surface area contributed by atoms with Crippen LogP contribution in [0.1, 0.15) is 127 Å². The molecule has 2 aromatic rings. The number of hydrogen-bond donors (Lipinski definition) is 3. The molecule has 8 heteroatoms. The lowest BCUT2D eigenvalue weighted by molar-refractivity contribution is -0.123. The normalized spacial score (nSPS) is 22.2. The minimum atomic E-state index is -0.684. The smallest absolute Gasteiger partial charge is 0.229 e. The highest BCUT2D eigenvalue weighted by Crippen LogP contribution is 2.51. The molecule has 50 heavy (non-hydrogen) atoms. The van der Waals surface area contributed by atoms with E-state index in [1.807, 2.05) is 65.8 Å². The highest BCUT2D eigenvalue weighted by molar-refractivity contribution is 6.52. The van der Waals surface area contributed by atoms with Gasteiger partial charge in [0.1, 0.15) is 11.8 Å². The fourth-order valence-corrected chi connectivity index (χ4v) is 7.79. The maximum absolute atomic E-state index is 14.5. The highest BCUT2D eigenvalue weighted by Gasteiger charge is 2.48. The molecule has 2 amide bonds. The standard InChI is InChI=1S/C42H58N4O4/c1-21(2)45-23(5)41(13,14)27-17-25(29(19-31(27)45)43-37(49)39(7,8)9)33-35(47)34(36(33)48)26-18-28-32(20-30(26)44-38(50)40(10,11)12)46(22(3)4)24(6)42(28,15)16/h17-24H,1-16H3,(H2,43,44,47,48,49,50)/p+1. The van der Waals surface area contributed by atoms with E-state index in [4.69, 9.17) is 0 Å². The Labute approximate surface area is 298 Å². The zero-order valence-electron chi connectivity index (χ0n) is 33.2. The first kappa shape index (κ1) is 37.3. The molecule has 2 aromatic carbocycles. The number of nitrogens with one attached hydrogen (secondary N) is 2. The molecule has 2 atom stereocenters. The summed E-state index contributed by atoms with van der Waals surface area (Å²) >= 11 is 0. The number of hydrogen-bond acceptors (Lipinski definition) is 5. The predicted octanol–water partition coefficient (Wildman–Crippen LogP) is 6.83. The third-order valence-corrected chi connectivity index (χ3v) is 11.6. The van der Waals surface area contributed by atoms with Crippen molar-refractivity contribution in [2.75, 3.05) is 15.5 Å². The van der Waals surface area contributed by atoms with Crippen molar-refractivity contribution in [3.8, 4) is 0 Å². The van der Waals surface area contributed by atoms with E-state index in [1.165, 1.54) is 0 Å². The molecular weight excluding hydrogens is 624 g/mol. The summed E-state index contributed by atoms with van der Waals surface area (Å²) in [6.45, 7) is 32.9. The molecule has 0 aromatic heterocycles. The van der Waals surface area contributed by atoms with Crippen molar-refractivity contribution in [2.24, 2.45) is 10.8 Å². The number of fused-ring (bicyclic) bond motifs is 2. The van der Waals surface area contributed by atoms with Gasteiger partial charge in [-0.3, -0.25) is 14.4 Å². The first-order valence-corrected chi connectivity index (χ1v) is 18.2. The van der Waals surface area contributed by atoms with Gasteiger partial charge < -0.3 is 20.6 Å². The van der Waals surface area contributed by atoms with Crippen LogP contribution in [0.15, 0.2) is 30.0 Å². The van der Waals surface area contributed by atoms with Gasteiger partial charge in [-0.1, -0.05) is 55.4 Å². The van der Waals surface area contributed by atoms with E-state index < -0.39 is 10.8 Å². The monoisotopic (exact) mass is 683 g/mol. The molecular formula is C42H59N4O4+. The summed E-state index contributed by atoms with van der Waals surface area (Å²) in [5, 5.41) is 19.7. The minimum Gasteiger partial charge on any atom is -0.506 e. The average molecular weight is 684 g/mol. The van der Waals surface area contributed by atoms with E-state index in [0.717, 1.165) is 22.2 Å². The number of nitrogens with zero attached hydrogens (tertiary/aromatic N) is 2. The number of benzene rings is 2. The Bertz CT molecular complexity index is 1980. The quantitative estimate of drug-likeness (QED) is 0.300. The van der Waals surface area contributed by atoms with Gasteiger partial charge in [-0.05, 0) is 79.2 Å². The Kier molecular flexibility index (Phi) is 8.82. The molecule has 3 aliphatic rings. The largest absolute Gasteiger partial charge is 0.506 e. The second-order valence-corrected chi connectivity index (χ2v) is 18.5. The molecule has 0 radical (unpaired) electrons. The Morgan fingerprint density at radius 1 is 0.800 bits per heavy atom. The van der Waals surface area contributed by atoms with Crippen molar-refractivity contribution in [1.82, 2.24) is 4.58 Å². The number of carbonyl (C=O) groups is 3. The molecule has 2 heterocycles. The summed E-state index contributed by atoms with van der Waals surface area (Å²) in [4.78, 5) is 43.8. The number of aliphatic hydroxyl groups is 1. The van der Waals surface area contributed by atoms with Crippen LogP contribution < -0.4 is 30.7 Å². The molecule has 0 saturated carbocycles. The third-order valence-electron chi connectivity index (χ3n) is 11.6. The number of Topliss-reactive ketones (excluding diaryl/α,β-unsaturated/α-hetero) is 1. The van der Waals surface area contributed by atoms with Crippen LogP contribution in [-0.2, 0) is 25.2 Å². The van der Waals surface area contributed by atoms with Gasteiger partial charge in [0, 0.05) is 56.4 Å². The van der Waals surface area contributed by atoms with Crippen LogP contribution in [0.3, 0.4) is 0 Å². The van der Waals surface area contributed by atoms with Gasteiger partial charge in [0.2, 0.25) is 23.0 Å². The van der Waals surface area contributed by atoms with Crippen LogP contribution in [-0.4, -0.2) is 46.9 Å². The SMILES string of the molecule is CC(C)N1c2cc(NC(=O)C(C)(C)C)c(C3=C(O)/C(=c4\cc5c(cc4NC(=O)C(C)(C)C)=[N+](C(C)C)C(C)C5(C)C)C3=O)cc2C(C)(C)C1C. The first-order valence-electron chi connectivity index (χ1n) is 18.2. The molecule has 5 rings (SSSR count). The summed E-state index contributed by atoms with van der Waals surface area (Å²) in [6, 6.07) is 8.67. The lowest BCUT2D eigenvalue weighted by Gasteiger charge is -2.34. The lowest BCUT2D eigenvalue weighted by Crippen LogP contribution is -2.42. The van der Waals surface area contributed by atoms with Gasteiger partial charge in [-0.15, -0.1) is 0 Å². The molecule has 0 fully saturated rings. The van der Waals surface area contributed by atoms with E-state index in [-0.39, 0.29) is 69.5 Å². The Hall–Kier alpha value is -3.94. The van der Waals surface area contributed by atoms with Gasteiger partial charge in [0.05, 0.1) is 27.9 Å². The van der Waals surface area contributed by atoms with Crippen LogP contribution in [0.25, 0.3) is 11.1 Å². The molecule has 2 unspecified atom stereocenters. The van der Waals surface area contributed by atoms with Crippen molar-refractivity contribution in [1.29, 1.82) is 0 Å². The molecule has 270 valence electrons. The van der Waals surface area contributed by atoms with Crippen LogP contribution >= 0.6 is 0 Å². The van der Waals surface area contributed by atoms with E-state index in [0.29, 0.717) is 22.2 Å². The van der Waals surface area contributed by atoms with Gasteiger partial charge in [0.15, 0.2) is 6.04 Å². The van der Waals surface area contributed by atoms with E-state index in [9.17, 15) is 19.5 Å². The Morgan fingerprint density at radius 2 is 1.34 bits per heavy atom. The molecule has 1 aliphatic carbocycles. The molecule has 0 spiro atoms. The van der Waals surface area contributed by atoms with Gasteiger partial charge in [-0.25, -0.2) is 4.58 Å². The number of anilines is 3. The number of rotatable bonds is 5. The number of amides is 2. The molecule has 3 N–H and O–H groups in total. The van der Waals surface area contributed by atoms with E-state index in [2.05, 4.69) is 89.3 Å². The number of ketones is 1. The van der Waals surface area contributed by atoms with Gasteiger partial charge >= 0.3 is 0 Å². The van der Waals surface area contributed by atoms with Gasteiger partial charge in [-0.2, -0.15) is 0 Å². The Morgan fingerprint density at radius 3 is 1.82 bits per heavy atom. The number of allylic oxidation sites excluding steroid dienone is 2. The average Bonchev–Trinajstić information content (AvgIpc) is 3.29.